The van der Waals surface area contributed by atoms with Gasteiger partial charge in [-0.2, -0.15) is 0 Å². The standard InChI is InChI=1S/C14H18N2O2/c1-3-18-14(17)10-4-5-13-12(8-10)11(6-7-15)9(2)16-13/h4-5,8,16H,3,6-7,15H2,1-2H3. The molecule has 0 radical (unpaired) electrons. The van der Waals surface area contributed by atoms with Crippen LogP contribution in [0.5, 0.6) is 0 Å². The van der Waals surface area contributed by atoms with E-state index in [2.05, 4.69) is 4.98 Å². The Bertz CT molecular complexity index is 572. The molecule has 1 aromatic carbocycles. The zero-order chi connectivity index (χ0) is 13.1. The van der Waals surface area contributed by atoms with Crippen molar-refractivity contribution in [3.8, 4) is 0 Å². The minimum atomic E-state index is -0.281. The molecule has 1 heterocycles. The van der Waals surface area contributed by atoms with Gasteiger partial charge in [0.25, 0.3) is 0 Å². The van der Waals surface area contributed by atoms with Gasteiger partial charge in [-0.15, -0.1) is 0 Å². The Balaban J connectivity index is 2.48. The molecule has 0 unspecified atom stereocenters. The average molecular weight is 246 g/mol. The van der Waals surface area contributed by atoms with Crippen LogP contribution in [0.2, 0.25) is 0 Å². The van der Waals surface area contributed by atoms with Crippen LogP contribution in [0.1, 0.15) is 28.5 Å². The van der Waals surface area contributed by atoms with Gasteiger partial charge in [0.05, 0.1) is 12.2 Å². The number of nitrogens with one attached hydrogen (secondary N) is 1. The van der Waals surface area contributed by atoms with Gasteiger partial charge in [-0.05, 0) is 50.6 Å². The number of esters is 1. The van der Waals surface area contributed by atoms with Gasteiger partial charge in [-0.1, -0.05) is 0 Å². The van der Waals surface area contributed by atoms with Crippen LogP contribution in [0.25, 0.3) is 10.9 Å². The molecule has 4 heteroatoms. The van der Waals surface area contributed by atoms with Crippen LogP contribution in [0.4, 0.5) is 0 Å². The molecule has 0 bridgehead atoms. The Morgan fingerprint density at radius 3 is 2.89 bits per heavy atom. The van der Waals surface area contributed by atoms with E-state index >= 15 is 0 Å². The fraction of sp³-hybridized carbons (Fsp3) is 0.357. The third-order valence-corrected chi connectivity index (χ3v) is 3.02. The second-order valence-corrected chi connectivity index (χ2v) is 4.25. The van der Waals surface area contributed by atoms with Crippen LogP contribution in [0.3, 0.4) is 0 Å². The lowest BCUT2D eigenvalue weighted by Gasteiger charge is -2.03. The monoisotopic (exact) mass is 246 g/mol. The average Bonchev–Trinajstić information content (AvgIpc) is 2.66. The first-order chi connectivity index (χ1) is 8.67. The van der Waals surface area contributed by atoms with Gasteiger partial charge in [-0.3, -0.25) is 0 Å². The van der Waals surface area contributed by atoms with Gasteiger partial charge in [0, 0.05) is 16.6 Å². The van der Waals surface area contributed by atoms with Crippen molar-refractivity contribution >= 4 is 16.9 Å². The van der Waals surface area contributed by atoms with E-state index in [1.54, 1.807) is 13.0 Å². The molecule has 0 aliphatic rings. The van der Waals surface area contributed by atoms with Gasteiger partial charge in [-0.25, -0.2) is 4.79 Å². The summed E-state index contributed by atoms with van der Waals surface area (Å²) in [5.41, 5.74) is 9.52. The van der Waals surface area contributed by atoms with Crippen molar-refractivity contribution in [2.45, 2.75) is 20.3 Å². The highest BCUT2D eigenvalue weighted by Crippen LogP contribution is 2.24. The van der Waals surface area contributed by atoms with E-state index in [-0.39, 0.29) is 5.97 Å². The molecule has 3 N–H and O–H groups in total. The number of fused-ring (bicyclic) bond motifs is 1. The topological polar surface area (TPSA) is 68.1 Å². The molecule has 0 fully saturated rings. The van der Waals surface area contributed by atoms with E-state index in [1.807, 2.05) is 19.1 Å². The molecule has 4 nitrogen and oxygen atoms in total. The van der Waals surface area contributed by atoms with Crippen molar-refractivity contribution in [2.24, 2.45) is 5.73 Å². The number of aromatic nitrogens is 1. The zero-order valence-corrected chi connectivity index (χ0v) is 10.7. The third-order valence-electron chi connectivity index (χ3n) is 3.02. The molecule has 0 aliphatic heterocycles. The smallest absolute Gasteiger partial charge is 0.338 e. The lowest BCUT2D eigenvalue weighted by Crippen LogP contribution is -2.05. The van der Waals surface area contributed by atoms with Crippen LogP contribution in [0.15, 0.2) is 18.2 Å². The summed E-state index contributed by atoms with van der Waals surface area (Å²) in [6, 6.07) is 5.57. The second kappa shape index (κ2) is 5.23. The molecule has 0 saturated carbocycles. The second-order valence-electron chi connectivity index (χ2n) is 4.25. The van der Waals surface area contributed by atoms with Gasteiger partial charge in [0.15, 0.2) is 0 Å². The van der Waals surface area contributed by atoms with Gasteiger partial charge < -0.3 is 15.5 Å². The van der Waals surface area contributed by atoms with Crippen LogP contribution in [-0.2, 0) is 11.2 Å². The molecule has 2 aromatic rings. The molecule has 0 saturated heterocycles. The summed E-state index contributed by atoms with van der Waals surface area (Å²) in [6.07, 6.45) is 0.804. The van der Waals surface area contributed by atoms with Crippen LogP contribution in [0, 0.1) is 6.92 Å². The summed E-state index contributed by atoms with van der Waals surface area (Å²) in [7, 11) is 0. The molecule has 0 aliphatic carbocycles. The predicted molar refractivity (Wildman–Crippen MR) is 71.8 cm³/mol. The van der Waals surface area contributed by atoms with E-state index in [9.17, 15) is 4.79 Å². The third kappa shape index (κ3) is 2.24. The van der Waals surface area contributed by atoms with E-state index in [1.165, 1.54) is 5.56 Å². The number of hydrogen-bond acceptors (Lipinski definition) is 3. The highest BCUT2D eigenvalue weighted by Gasteiger charge is 2.12. The maximum atomic E-state index is 11.7. The summed E-state index contributed by atoms with van der Waals surface area (Å²) in [5.74, 6) is -0.281. The Kier molecular flexibility index (Phi) is 3.67. The Morgan fingerprint density at radius 1 is 1.44 bits per heavy atom. The molecule has 1 aromatic heterocycles. The number of carbonyl (C=O) groups is 1. The first-order valence-electron chi connectivity index (χ1n) is 6.15. The Labute approximate surface area is 106 Å². The molecule has 0 atom stereocenters. The quantitative estimate of drug-likeness (QED) is 0.812. The minimum absolute atomic E-state index is 0.281. The van der Waals surface area contributed by atoms with Crippen LogP contribution < -0.4 is 5.73 Å². The van der Waals surface area contributed by atoms with Crippen LogP contribution in [-0.4, -0.2) is 24.1 Å². The van der Waals surface area contributed by atoms with Gasteiger partial charge in [0.2, 0.25) is 0 Å². The number of aromatic amines is 1. The number of hydrogen-bond donors (Lipinski definition) is 2. The Morgan fingerprint density at radius 2 is 2.22 bits per heavy atom. The van der Waals surface area contributed by atoms with Gasteiger partial charge >= 0.3 is 5.97 Å². The molecule has 96 valence electrons. The number of aryl methyl sites for hydroxylation is 1. The zero-order valence-electron chi connectivity index (χ0n) is 10.7. The fourth-order valence-corrected chi connectivity index (χ4v) is 2.19. The molecule has 0 spiro atoms. The van der Waals surface area contributed by atoms with Crippen molar-refractivity contribution < 1.29 is 9.53 Å². The SMILES string of the molecule is CCOC(=O)c1ccc2[nH]c(C)c(CCN)c2c1. The van der Waals surface area contributed by atoms with Crippen molar-refractivity contribution in [2.75, 3.05) is 13.2 Å². The summed E-state index contributed by atoms with van der Waals surface area (Å²) in [6.45, 7) is 4.81. The summed E-state index contributed by atoms with van der Waals surface area (Å²) < 4.78 is 5.01. The molecular formula is C14H18N2O2. The van der Waals surface area contributed by atoms with Gasteiger partial charge in [0.1, 0.15) is 0 Å². The largest absolute Gasteiger partial charge is 0.462 e. The van der Waals surface area contributed by atoms with E-state index in [0.29, 0.717) is 18.7 Å². The number of rotatable bonds is 4. The summed E-state index contributed by atoms with van der Waals surface area (Å²) in [5, 5.41) is 1.06. The minimum Gasteiger partial charge on any atom is -0.462 e. The maximum Gasteiger partial charge on any atom is 0.338 e. The van der Waals surface area contributed by atoms with Crippen LogP contribution >= 0.6 is 0 Å². The van der Waals surface area contributed by atoms with Crippen molar-refractivity contribution in [1.82, 2.24) is 4.98 Å². The highest BCUT2D eigenvalue weighted by molar-refractivity contribution is 5.96. The van der Waals surface area contributed by atoms with Crippen molar-refractivity contribution in [3.05, 3.63) is 35.0 Å². The molecule has 2 rings (SSSR count). The number of H-pyrrole nitrogens is 1. The first-order valence-corrected chi connectivity index (χ1v) is 6.15. The van der Waals surface area contributed by atoms with E-state index < -0.39 is 0 Å². The lowest BCUT2D eigenvalue weighted by molar-refractivity contribution is 0.0526. The van der Waals surface area contributed by atoms with E-state index in [4.69, 9.17) is 10.5 Å². The Hall–Kier alpha value is -1.81. The number of nitrogens with two attached hydrogens (primary N) is 1. The number of ether oxygens (including phenoxy) is 1. The first kappa shape index (κ1) is 12.6. The van der Waals surface area contributed by atoms with Crippen molar-refractivity contribution in [3.63, 3.8) is 0 Å². The predicted octanol–water partition coefficient (Wildman–Crippen LogP) is 2.15. The fourth-order valence-electron chi connectivity index (χ4n) is 2.19. The lowest BCUT2D eigenvalue weighted by atomic mass is 10.1. The molecule has 18 heavy (non-hydrogen) atoms. The summed E-state index contributed by atoms with van der Waals surface area (Å²) >= 11 is 0. The number of benzene rings is 1. The summed E-state index contributed by atoms with van der Waals surface area (Å²) in [4.78, 5) is 15.0. The molecular weight excluding hydrogens is 228 g/mol. The van der Waals surface area contributed by atoms with Crippen molar-refractivity contribution in [1.29, 1.82) is 0 Å². The number of carbonyl (C=O) groups excluding carboxylic acids is 1. The molecule has 0 amide bonds. The normalized spacial score (nSPS) is 10.8. The highest BCUT2D eigenvalue weighted by atomic mass is 16.5. The maximum absolute atomic E-state index is 11.7. The van der Waals surface area contributed by atoms with E-state index in [0.717, 1.165) is 23.0 Å².